The number of pyridine rings is 1. The predicted molar refractivity (Wildman–Crippen MR) is 142 cm³/mol. The number of ether oxygens (including phenoxy) is 1. The average Bonchev–Trinajstić information content (AvgIpc) is 3.37. The Hall–Kier alpha value is -3.71. The lowest BCUT2D eigenvalue weighted by Crippen LogP contribution is -2.32. The molecule has 0 bridgehead atoms. The van der Waals surface area contributed by atoms with E-state index < -0.39 is 0 Å². The summed E-state index contributed by atoms with van der Waals surface area (Å²) >= 11 is 5.75. The van der Waals surface area contributed by atoms with E-state index in [-0.39, 0.29) is 24.5 Å². The number of methoxy groups -OCH3 is 1. The van der Waals surface area contributed by atoms with Crippen molar-refractivity contribution in [1.29, 1.82) is 0 Å². The first-order chi connectivity index (χ1) is 17.0. The van der Waals surface area contributed by atoms with Crippen LogP contribution in [0.3, 0.4) is 0 Å². The summed E-state index contributed by atoms with van der Waals surface area (Å²) in [5.74, 6) is -0.255. The minimum Gasteiger partial charge on any atom is -0.469 e. The highest BCUT2D eigenvalue weighted by atomic mass is 32.1. The van der Waals surface area contributed by atoms with Crippen LogP contribution in [-0.2, 0) is 9.53 Å². The van der Waals surface area contributed by atoms with Gasteiger partial charge in [-0.2, -0.15) is 0 Å². The Morgan fingerprint density at radius 2 is 1.86 bits per heavy atom. The molecule has 1 aliphatic rings. The molecule has 2 aromatic heterocycles. The normalized spacial score (nSPS) is 17.6. The van der Waals surface area contributed by atoms with Crippen molar-refractivity contribution in [2.75, 3.05) is 13.7 Å². The number of hydrogen-bond donors (Lipinski definition) is 1. The van der Waals surface area contributed by atoms with E-state index in [0.29, 0.717) is 11.7 Å². The van der Waals surface area contributed by atoms with Crippen molar-refractivity contribution in [3.63, 3.8) is 0 Å². The van der Waals surface area contributed by atoms with Gasteiger partial charge in [0.25, 0.3) is 0 Å². The van der Waals surface area contributed by atoms with Gasteiger partial charge in [0, 0.05) is 29.5 Å². The van der Waals surface area contributed by atoms with Crippen LogP contribution in [-0.4, -0.2) is 39.2 Å². The molecule has 1 fully saturated rings. The molecule has 0 amide bonds. The number of aromatic nitrogens is 2. The highest BCUT2D eigenvalue weighted by Crippen LogP contribution is 2.42. The van der Waals surface area contributed by atoms with Crippen LogP contribution in [0.2, 0.25) is 0 Å². The number of aryl methyl sites for hydroxylation is 1. The van der Waals surface area contributed by atoms with Crippen molar-refractivity contribution >= 4 is 34.1 Å². The Morgan fingerprint density at radius 3 is 2.63 bits per heavy atom. The van der Waals surface area contributed by atoms with Gasteiger partial charge in [0.05, 0.1) is 37.0 Å². The van der Waals surface area contributed by atoms with Crippen LogP contribution in [0.15, 0.2) is 72.9 Å². The van der Waals surface area contributed by atoms with Crippen molar-refractivity contribution in [2.24, 2.45) is 0 Å². The van der Waals surface area contributed by atoms with Gasteiger partial charge >= 0.3 is 5.97 Å². The number of esters is 1. The van der Waals surface area contributed by atoms with Gasteiger partial charge in [-0.05, 0) is 61.3 Å². The number of hydrogen-bond acceptors (Lipinski definition) is 4. The summed E-state index contributed by atoms with van der Waals surface area (Å²) < 4.78 is 7.21. The van der Waals surface area contributed by atoms with Gasteiger partial charge in [0.1, 0.15) is 0 Å². The van der Waals surface area contributed by atoms with Crippen molar-refractivity contribution in [3.05, 3.63) is 95.6 Å². The zero-order chi connectivity index (χ0) is 24.5. The second-order valence-corrected chi connectivity index (χ2v) is 9.19. The first kappa shape index (κ1) is 23.1. The fourth-order valence-corrected chi connectivity index (χ4v) is 5.49. The van der Waals surface area contributed by atoms with Crippen LogP contribution in [0.25, 0.3) is 16.5 Å². The van der Waals surface area contributed by atoms with Crippen molar-refractivity contribution in [2.45, 2.75) is 32.4 Å². The summed E-state index contributed by atoms with van der Waals surface area (Å²) in [5.41, 5.74) is 5.49. The number of benzene rings is 2. The van der Waals surface area contributed by atoms with Gasteiger partial charge in [0.15, 0.2) is 5.11 Å². The molecule has 1 aliphatic heterocycles. The van der Waals surface area contributed by atoms with E-state index in [1.807, 2.05) is 18.2 Å². The van der Waals surface area contributed by atoms with Crippen LogP contribution in [0.1, 0.15) is 41.1 Å². The second kappa shape index (κ2) is 9.50. The molecule has 0 unspecified atom stereocenters. The van der Waals surface area contributed by atoms with E-state index >= 15 is 0 Å². The standard InChI is InChI=1S/C28H28N4O2S/c1-18-17-22(19(2)32(18)24-13-8-10-20-9-4-5-11-21(20)24)27-26(23-12-6-7-15-29-23)30-28(35)31(27)16-14-25(33)34-3/h4-13,15,17,26-27H,14,16H2,1-3H3,(H,30,35)/t26-,27+/m1/s1. The molecule has 1 saturated heterocycles. The van der Waals surface area contributed by atoms with E-state index in [4.69, 9.17) is 17.0 Å². The first-order valence-electron chi connectivity index (χ1n) is 11.7. The molecular formula is C28H28N4O2S. The summed E-state index contributed by atoms with van der Waals surface area (Å²) in [6.45, 7) is 4.75. The first-order valence-corrected chi connectivity index (χ1v) is 12.1. The highest BCUT2D eigenvalue weighted by molar-refractivity contribution is 7.80. The van der Waals surface area contributed by atoms with E-state index in [1.54, 1.807) is 6.20 Å². The number of carbonyl (C=O) groups is 1. The fraction of sp³-hybridized carbons (Fsp3) is 0.250. The van der Waals surface area contributed by atoms with Gasteiger partial charge in [0.2, 0.25) is 0 Å². The highest BCUT2D eigenvalue weighted by Gasteiger charge is 2.41. The minimum absolute atomic E-state index is 0.114. The minimum atomic E-state index is -0.255. The van der Waals surface area contributed by atoms with E-state index in [1.165, 1.54) is 17.9 Å². The van der Waals surface area contributed by atoms with Crippen LogP contribution >= 0.6 is 12.2 Å². The van der Waals surface area contributed by atoms with Gasteiger partial charge in [-0.1, -0.05) is 42.5 Å². The summed E-state index contributed by atoms with van der Waals surface area (Å²) in [6.07, 6.45) is 2.05. The molecule has 4 aromatic rings. The molecule has 1 N–H and O–H groups in total. The SMILES string of the molecule is COC(=O)CCN1C(=S)N[C@H](c2ccccn2)[C@@H]1c1cc(C)n(-c2cccc3ccccc23)c1C. The third-order valence-corrected chi connectivity index (χ3v) is 7.13. The quantitative estimate of drug-likeness (QED) is 0.301. The third kappa shape index (κ3) is 4.17. The Morgan fingerprint density at radius 1 is 1.09 bits per heavy atom. The molecule has 0 radical (unpaired) electrons. The summed E-state index contributed by atoms with van der Waals surface area (Å²) in [4.78, 5) is 18.7. The van der Waals surface area contributed by atoms with Gasteiger partial charge < -0.3 is 19.5 Å². The molecule has 6 nitrogen and oxygen atoms in total. The molecule has 0 aliphatic carbocycles. The fourth-order valence-electron chi connectivity index (χ4n) is 5.16. The summed E-state index contributed by atoms with van der Waals surface area (Å²) in [7, 11) is 1.41. The van der Waals surface area contributed by atoms with Gasteiger partial charge in [-0.15, -0.1) is 0 Å². The Balaban J connectivity index is 1.63. The third-order valence-electron chi connectivity index (χ3n) is 6.78. The lowest BCUT2D eigenvalue weighted by Gasteiger charge is -2.28. The zero-order valence-electron chi connectivity index (χ0n) is 20.1. The van der Waals surface area contributed by atoms with Crippen molar-refractivity contribution < 1.29 is 9.53 Å². The second-order valence-electron chi connectivity index (χ2n) is 8.81. The molecule has 5 rings (SSSR count). The van der Waals surface area contributed by atoms with Crippen LogP contribution in [0, 0.1) is 13.8 Å². The molecule has 0 spiro atoms. The maximum absolute atomic E-state index is 12.0. The number of carbonyl (C=O) groups excluding carboxylic acids is 1. The van der Waals surface area contributed by atoms with Crippen LogP contribution in [0.5, 0.6) is 0 Å². The van der Waals surface area contributed by atoms with Crippen LogP contribution < -0.4 is 5.32 Å². The van der Waals surface area contributed by atoms with Gasteiger partial charge in [-0.25, -0.2) is 0 Å². The van der Waals surface area contributed by atoms with E-state index in [9.17, 15) is 4.79 Å². The van der Waals surface area contributed by atoms with Gasteiger partial charge in [-0.3, -0.25) is 9.78 Å². The zero-order valence-corrected chi connectivity index (χ0v) is 20.9. The van der Waals surface area contributed by atoms with Crippen molar-refractivity contribution in [3.8, 4) is 5.69 Å². The maximum Gasteiger partial charge on any atom is 0.307 e. The molecule has 2 atom stereocenters. The predicted octanol–water partition coefficient (Wildman–Crippen LogP) is 5.18. The Bertz CT molecular complexity index is 1390. The Kier molecular flexibility index (Phi) is 6.26. The maximum atomic E-state index is 12.0. The van der Waals surface area contributed by atoms with Crippen molar-refractivity contribution in [1.82, 2.24) is 19.8 Å². The molecule has 3 heterocycles. The average molecular weight is 485 g/mol. The molecule has 178 valence electrons. The summed E-state index contributed by atoms with van der Waals surface area (Å²) in [5, 5.41) is 6.49. The molecule has 35 heavy (non-hydrogen) atoms. The largest absolute Gasteiger partial charge is 0.469 e. The number of rotatable bonds is 6. The topological polar surface area (TPSA) is 59.4 Å². The molecule has 2 aromatic carbocycles. The number of fused-ring (bicyclic) bond motifs is 1. The lowest BCUT2D eigenvalue weighted by atomic mass is 9.96. The number of nitrogens with zero attached hydrogens (tertiary/aromatic N) is 3. The molecular weight excluding hydrogens is 456 g/mol. The van der Waals surface area contributed by atoms with E-state index in [0.717, 1.165) is 28.3 Å². The molecule has 0 saturated carbocycles. The summed E-state index contributed by atoms with van der Waals surface area (Å²) in [6, 6.07) is 22.7. The van der Waals surface area contributed by atoms with E-state index in [2.05, 4.69) is 82.1 Å². The smallest absolute Gasteiger partial charge is 0.307 e. The number of thiocarbonyl (C=S) groups is 1. The number of nitrogens with one attached hydrogen (secondary N) is 1. The lowest BCUT2D eigenvalue weighted by molar-refractivity contribution is -0.140. The monoisotopic (exact) mass is 484 g/mol. The molecule has 7 heteroatoms. The Labute approximate surface area is 210 Å². The van der Waals surface area contributed by atoms with Crippen LogP contribution in [0.4, 0.5) is 0 Å².